The Bertz CT molecular complexity index is 370. The molecule has 0 amide bonds. The lowest BCUT2D eigenvalue weighted by Crippen LogP contribution is -2.28. The first kappa shape index (κ1) is 10.9. The molecule has 6 heteroatoms. The van der Waals surface area contributed by atoms with Crippen molar-refractivity contribution in [2.75, 3.05) is 24.0 Å². The molecule has 6 nitrogen and oxygen atoms in total. The monoisotopic (exact) mass is 223 g/mol. The molecule has 88 valence electrons. The highest BCUT2D eigenvalue weighted by atomic mass is 16.5. The van der Waals surface area contributed by atoms with E-state index in [9.17, 15) is 0 Å². The standard InChI is InChI=1S/C10H17N5O/c1-7-4-3-5-15(7)10-8(16-2)9(14-11)12-6-13-10/h6-7H,3-5,11H2,1-2H3,(H,12,13,14). The van der Waals surface area contributed by atoms with E-state index in [1.165, 1.54) is 19.2 Å². The first-order chi connectivity index (χ1) is 7.77. The van der Waals surface area contributed by atoms with Gasteiger partial charge in [0.2, 0.25) is 5.75 Å². The van der Waals surface area contributed by atoms with Gasteiger partial charge in [-0.3, -0.25) is 0 Å². The van der Waals surface area contributed by atoms with E-state index in [0.29, 0.717) is 17.6 Å². The van der Waals surface area contributed by atoms with Crippen LogP contribution in [0.5, 0.6) is 5.75 Å². The van der Waals surface area contributed by atoms with E-state index in [1.807, 2.05) is 0 Å². The second kappa shape index (κ2) is 4.52. The quantitative estimate of drug-likeness (QED) is 0.582. The molecule has 0 spiro atoms. The Hall–Kier alpha value is -1.56. The van der Waals surface area contributed by atoms with Crippen molar-refractivity contribution < 1.29 is 4.74 Å². The van der Waals surface area contributed by atoms with E-state index in [0.717, 1.165) is 12.4 Å². The fourth-order valence-corrected chi connectivity index (χ4v) is 2.11. The van der Waals surface area contributed by atoms with Crippen molar-refractivity contribution in [1.29, 1.82) is 0 Å². The third-order valence-corrected chi connectivity index (χ3v) is 2.95. The minimum absolute atomic E-state index is 0.481. The Morgan fingerprint density at radius 1 is 1.56 bits per heavy atom. The van der Waals surface area contributed by atoms with Gasteiger partial charge in [-0.1, -0.05) is 0 Å². The number of rotatable bonds is 3. The summed E-state index contributed by atoms with van der Waals surface area (Å²) in [6.45, 7) is 3.18. The Labute approximate surface area is 94.8 Å². The smallest absolute Gasteiger partial charge is 0.205 e. The van der Waals surface area contributed by atoms with Gasteiger partial charge in [-0.2, -0.15) is 0 Å². The second-order valence-corrected chi connectivity index (χ2v) is 3.91. The van der Waals surface area contributed by atoms with Crippen molar-refractivity contribution >= 4 is 11.6 Å². The Kier molecular flexibility index (Phi) is 3.09. The highest BCUT2D eigenvalue weighted by Gasteiger charge is 2.25. The predicted octanol–water partition coefficient (Wildman–Crippen LogP) is 0.759. The maximum atomic E-state index is 5.39. The van der Waals surface area contributed by atoms with Gasteiger partial charge in [0, 0.05) is 12.6 Å². The van der Waals surface area contributed by atoms with Crippen molar-refractivity contribution in [2.45, 2.75) is 25.8 Å². The molecule has 0 bridgehead atoms. The molecule has 3 N–H and O–H groups in total. The number of nitrogens with two attached hydrogens (primary N) is 1. The molecule has 1 saturated heterocycles. The van der Waals surface area contributed by atoms with Crippen LogP contribution < -0.4 is 20.9 Å². The predicted molar refractivity (Wildman–Crippen MR) is 62.4 cm³/mol. The third kappa shape index (κ3) is 1.76. The molecule has 1 aliphatic rings. The summed E-state index contributed by atoms with van der Waals surface area (Å²) >= 11 is 0. The summed E-state index contributed by atoms with van der Waals surface area (Å²) in [5.74, 6) is 7.33. The maximum absolute atomic E-state index is 5.39. The molecule has 1 unspecified atom stereocenters. The van der Waals surface area contributed by atoms with E-state index < -0.39 is 0 Å². The van der Waals surface area contributed by atoms with E-state index in [2.05, 4.69) is 27.2 Å². The number of methoxy groups -OCH3 is 1. The van der Waals surface area contributed by atoms with Crippen LogP contribution >= 0.6 is 0 Å². The first-order valence-corrected chi connectivity index (χ1v) is 5.40. The second-order valence-electron chi connectivity index (χ2n) is 3.91. The number of hydrazine groups is 1. The van der Waals surface area contributed by atoms with Crippen molar-refractivity contribution in [3.63, 3.8) is 0 Å². The summed E-state index contributed by atoms with van der Waals surface area (Å²) in [5, 5.41) is 0. The molecule has 1 atom stereocenters. The van der Waals surface area contributed by atoms with Crippen LogP contribution in [0.2, 0.25) is 0 Å². The molecule has 1 aliphatic heterocycles. The molecule has 0 aliphatic carbocycles. The van der Waals surface area contributed by atoms with Crippen LogP contribution in [0.1, 0.15) is 19.8 Å². The van der Waals surface area contributed by atoms with Gasteiger partial charge in [0.25, 0.3) is 0 Å². The minimum atomic E-state index is 0.481. The largest absolute Gasteiger partial charge is 0.490 e. The summed E-state index contributed by atoms with van der Waals surface area (Å²) in [7, 11) is 1.60. The molecule has 1 aromatic heterocycles. The van der Waals surface area contributed by atoms with Gasteiger partial charge < -0.3 is 15.1 Å². The number of aromatic nitrogens is 2. The van der Waals surface area contributed by atoms with Crippen molar-refractivity contribution in [3.05, 3.63) is 6.33 Å². The number of hydrogen-bond donors (Lipinski definition) is 2. The number of anilines is 2. The fraction of sp³-hybridized carbons (Fsp3) is 0.600. The zero-order valence-electron chi connectivity index (χ0n) is 9.60. The van der Waals surface area contributed by atoms with Crippen LogP contribution in [0.15, 0.2) is 6.33 Å². The molecular formula is C10H17N5O. The van der Waals surface area contributed by atoms with E-state index in [4.69, 9.17) is 10.6 Å². The van der Waals surface area contributed by atoms with Gasteiger partial charge in [0.1, 0.15) is 6.33 Å². The molecular weight excluding hydrogens is 206 g/mol. The highest BCUT2D eigenvalue weighted by Crippen LogP contribution is 2.35. The summed E-state index contributed by atoms with van der Waals surface area (Å²) in [6.07, 6.45) is 3.86. The molecule has 0 radical (unpaired) electrons. The minimum Gasteiger partial charge on any atom is -0.490 e. The summed E-state index contributed by atoms with van der Waals surface area (Å²) < 4.78 is 5.32. The molecule has 0 aromatic carbocycles. The topological polar surface area (TPSA) is 76.3 Å². The van der Waals surface area contributed by atoms with Crippen molar-refractivity contribution in [3.8, 4) is 5.75 Å². The number of nitrogen functional groups attached to an aromatic ring is 1. The van der Waals surface area contributed by atoms with Gasteiger partial charge in [-0.05, 0) is 19.8 Å². The summed E-state index contributed by atoms with van der Waals surface area (Å²) in [6, 6.07) is 0.481. The fourth-order valence-electron chi connectivity index (χ4n) is 2.11. The lowest BCUT2D eigenvalue weighted by molar-refractivity contribution is 0.412. The van der Waals surface area contributed by atoms with Gasteiger partial charge in [-0.15, -0.1) is 0 Å². The third-order valence-electron chi connectivity index (χ3n) is 2.95. The van der Waals surface area contributed by atoms with Gasteiger partial charge in [-0.25, -0.2) is 15.8 Å². The Morgan fingerprint density at radius 3 is 2.94 bits per heavy atom. The van der Waals surface area contributed by atoms with Gasteiger partial charge in [0.05, 0.1) is 7.11 Å². The summed E-state index contributed by atoms with van der Waals surface area (Å²) in [4.78, 5) is 10.5. The highest BCUT2D eigenvalue weighted by molar-refractivity contribution is 5.64. The van der Waals surface area contributed by atoms with Crippen LogP contribution in [0.3, 0.4) is 0 Å². The molecule has 2 heterocycles. The molecule has 1 fully saturated rings. The van der Waals surface area contributed by atoms with E-state index in [1.54, 1.807) is 7.11 Å². The molecule has 0 saturated carbocycles. The SMILES string of the molecule is COc1c(NN)ncnc1N1CCCC1C. The van der Waals surface area contributed by atoms with E-state index in [-0.39, 0.29) is 0 Å². The zero-order chi connectivity index (χ0) is 11.5. The van der Waals surface area contributed by atoms with Crippen molar-refractivity contribution in [1.82, 2.24) is 9.97 Å². The maximum Gasteiger partial charge on any atom is 0.205 e. The molecule has 16 heavy (non-hydrogen) atoms. The van der Waals surface area contributed by atoms with Crippen LogP contribution in [-0.2, 0) is 0 Å². The van der Waals surface area contributed by atoms with Crippen molar-refractivity contribution in [2.24, 2.45) is 5.84 Å². The lowest BCUT2D eigenvalue weighted by atomic mass is 10.2. The van der Waals surface area contributed by atoms with Crippen LogP contribution in [0.4, 0.5) is 11.6 Å². The van der Waals surface area contributed by atoms with Crippen LogP contribution in [0.25, 0.3) is 0 Å². The number of nitrogens with one attached hydrogen (secondary N) is 1. The van der Waals surface area contributed by atoms with Gasteiger partial charge >= 0.3 is 0 Å². The van der Waals surface area contributed by atoms with Crippen LogP contribution in [0, 0.1) is 0 Å². The Balaban J connectivity index is 2.39. The van der Waals surface area contributed by atoms with Gasteiger partial charge in [0.15, 0.2) is 11.6 Å². The lowest BCUT2D eigenvalue weighted by Gasteiger charge is -2.24. The summed E-state index contributed by atoms with van der Waals surface area (Å²) in [5.41, 5.74) is 2.52. The normalized spacial score (nSPS) is 19.9. The average Bonchev–Trinajstić information content (AvgIpc) is 2.74. The Morgan fingerprint density at radius 2 is 2.38 bits per heavy atom. The molecule has 2 rings (SSSR count). The first-order valence-electron chi connectivity index (χ1n) is 5.40. The average molecular weight is 223 g/mol. The number of ether oxygens (including phenoxy) is 1. The van der Waals surface area contributed by atoms with E-state index >= 15 is 0 Å². The number of hydrogen-bond acceptors (Lipinski definition) is 6. The molecule has 1 aromatic rings. The zero-order valence-corrected chi connectivity index (χ0v) is 9.60. The number of nitrogens with zero attached hydrogens (tertiary/aromatic N) is 3. The van der Waals surface area contributed by atoms with Crippen LogP contribution in [-0.4, -0.2) is 29.7 Å².